The molecule has 2 aromatic carbocycles. The van der Waals surface area contributed by atoms with Crippen LogP contribution in [0.4, 0.5) is 11.4 Å². The van der Waals surface area contributed by atoms with Gasteiger partial charge in [-0.1, -0.05) is 19.1 Å². The number of amides is 2. The summed E-state index contributed by atoms with van der Waals surface area (Å²) in [6.07, 6.45) is 1.63. The number of rotatable bonds is 8. The van der Waals surface area contributed by atoms with Gasteiger partial charge in [-0.15, -0.1) is 11.3 Å². The van der Waals surface area contributed by atoms with Gasteiger partial charge in [0, 0.05) is 59.6 Å². The van der Waals surface area contributed by atoms with Gasteiger partial charge in [0.25, 0.3) is 11.8 Å². The van der Waals surface area contributed by atoms with E-state index in [9.17, 15) is 14.4 Å². The first kappa shape index (κ1) is 29.0. The quantitative estimate of drug-likeness (QED) is 0.246. The molecule has 0 atom stereocenters. The van der Waals surface area contributed by atoms with Crippen molar-refractivity contribution >= 4 is 40.5 Å². The van der Waals surface area contributed by atoms with Gasteiger partial charge in [-0.2, -0.15) is 0 Å². The number of nitrogens with one attached hydrogen (secondary N) is 2. The Kier molecular flexibility index (Phi) is 8.65. The SMILES string of the molecule is CCCNC(=O)c1ccc(-c2cc3c(cc2C(=O)Nc2ccc(CN)cc2)-c2sccc2CCN3C)c(C(=O)OC)n1. The average Bonchev–Trinajstić information content (AvgIpc) is 3.45. The van der Waals surface area contributed by atoms with Gasteiger partial charge in [-0.3, -0.25) is 9.59 Å². The van der Waals surface area contributed by atoms with E-state index in [1.165, 1.54) is 12.7 Å². The summed E-state index contributed by atoms with van der Waals surface area (Å²) in [6, 6.07) is 16.5. The van der Waals surface area contributed by atoms with E-state index in [0.29, 0.717) is 35.5 Å². The van der Waals surface area contributed by atoms with Gasteiger partial charge in [0.1, 0.15) is 5.69 Å². The Labute approximate surface area is 248 Å². The van der Waals surface area contributed by atoms with E-state index in [1.54, 1.807) is 35.6 Å². The van der Waals surface area contributed by atoms with Crippen LogP contribution in [0.5, 0.6) is 0 Å². The van der Waals surface area contributed by atoms with Gasteiger partial charge in [0.2, 0.25) is 0 Å². The van der Waals surface area contributed by atoms with E-state index in [-0.39, 0.29) is 23.2 Å². The molecule has 5 rings (SSSR count). The molecule has 9 nitrogen and oxygen atoms in total. The van der Waals surface area contributed by atoms with Gasteiger partial charge < -0.3 is 26.0 Å². The number of nitrogens with zero attached hydrogens (tertiary/aromatic N) is 2. The monoisotopic (exact) mass is 583 g/mol. The smallest absolute Gasteiger partial charge is 0.357 e. The van der Waals surface area contributed by atoms with Crippen molar-refractivity contribution in [1.82, 2.24) is 10.3 Å². The number of hydrogen-bond acceptors (Lipinski definition) is 8. The molecular formula is C32H33N5O4S. The number of aromatic nitrogens is 1. The second kappa shape index (κ2) is 12.5. The van der Waals surface area contributed by atoms with Crippen LogP contribution < -0.4 is 21.3 Å². The van der Waals surface area contributed by atoms with Crippen LogP contribution in [0.1, 0.15) is 55.8 Å². The minimum atomic E-state index is -0.706. The van der Waals surface area contributed by atoms with Gasteiger partial charge >= 0.3 is 5.97 Å². The first-order valence-corrected chi connectivity index (χ1v) is 14.7. The number of hydrogen-bond donors (Lipinski definition) is 3. The van der Waals surface area contributed by atoms with Gasteiger partial charge in [-0.05, 0) is 77.4 Å². The lowest BCUT2D eigenvalue weighted by atomic mass is 9.93. The maximum atomic E-state index is 14.0. The van der Waals surface area contributed by atoms with Crippen LogP contribution in [-0.4, -0.2) is 50.0 Å². The lowest BCUT2D eigenvalue weighted by Gasteiger charge is -2.23. The highest BCUT2D eigenvalue weighted by molar-refractivity contribution is 7.13. The normalized spacial score (nSPS) is 12.1. The maximum Gasteiger partial charge on any atom is 0.357 e. The largest absolute Gasteiger partial charge is 0.464 e. The average molecular weight is 584 g/mol. The second-order valence-electron chi connectivity index (χ2n) is 10.1. The number of anilines is 2. The molecule has 0 fully saturated rings. The van der Waals surface area contributed by atoms with Crippen LogP contribution >= 0.6 is 11.3 Å². The Morgan fingerprint density at radius 3 is 2.52 bits per heavy atom. The van der Waals surface area contributed by atoms with Crippen molar-refractivity contribution in [3.63, 3.8) is 0 Å². The highest BCUT2D eigenvalue weighted by atomic mass is 32.1. The fraction of sp³-hybridized carbons (Fsp3) is 0.250. The standard InChI is InChI=1S/C32H33N5O4S/c1-4-13-34-31(39)26-10-9-22(28(36-26)32(40)41-3)23-17-27-25(29-20(12-15-42-29)11-14-37(27)2)16-24(23)30(38)35-21-7-5-19(18-33)6-8-21/h5-10,12,15-17H,4,11,13-14,18,33H2,1-3H3,(H,34,39)(H,35,38). The Morgan fingerprint density at radius 2 is 1.81 bits per heavy atom. The zero-order chi connectivity index (χ0) is 29.8. The number of esters is 1. The number of pyridine rings is 1. The number of thiophene rings is 1. The van der Waals surface area contributed by atoms with Crippen LogP contribution in [0.25, 0.3) is 21.6 Å². The van der Waals surface area contributed by atoms with Crippen molar-refractivity contribution in [1.29, 1.82) is 0 Å². The summed E-state index contributed by atoms with van der Waals surface area (Å²) < 4.78 is 5.07. The summed E-state index contributed by atoms with van der Waals surface area (Å²) in [6.45, 7) is 3.61. The van der Waals surface area contributed by atoms with Gasteiger partial charge in [0.15, 0.2) is 5.69 Å². The lowest BCUT2D eigenvalue weighted by Crippen LogP contribution is -2.26. The van der Waals surface area contributed by atoms with E-state index in [4.69, 9.17) is 10.5 Å². The highest BCUT2D eigenvalue weighted by Crippen LogP contribution is 2.43. The summed E-state index contributed by atoms with van der Waals surface area (Å²) in [5, 5.41) is 7.85. The molecule has 10 heteroatoms. The van der Waals surface area contributed by atoms with Gasteiger partial charge in [-0.25, -0.2) is 9.78 Å². The predicted molar refractivity (Wildman–Crippen MR) is 166 cm³/mol. The molecule has 0 saturated heterocycles. The van der Waals surface area contributed by atoms with Crippen LogP contribution in [0.2, 0.25) is 0 Å². The van der Waals surface area contributed by atoms with E-state index in [1.807, 2.05) is 38.2 Å². The molecule has 0 saturated carbocycles. The molecule has 0 unspecified atom stereocenters. The van der Waals surface area contributed by atoms with Crippen LogP contribution in [0.3, 0.4) is 0 Å². The van der Waals surface area contributed by atoms with Crippen LogP contribution in [-0.2, 0) is 17.7 Å². The molecule has 216 valence electrons. The first-order chi connectivity index (χ1) is 20.3. The van der Waals surface area contributed by atoms with Crippen LogP contribution in [0, 0.1) is 0 Å². The highest BCUT2D eigenvalue weighted by Gasteiger charge is 2.27. The van der Waals surface area contributed by atoms with E-state index in [2.05, 4.69) is 32.0 Å². The number of ether oxygens (including phenoxy) is 1. The minimum absolute atomic E-state index is 0.0453. The van der Waals surface area contributed by atoms with Crippen molar-refractivity contribution < 1.29 is 19.1 Å². The zero-order valence-electron chi connectivity index (χ0n) is 23.8. The van der Waals surface area contributed by atoms with E-state index >= 15 is 0 Å². The molecular weight excluding hydrogens is 550 g/mol. The number of likely N-dealkylation sites (N-methyl/N-ethyl adjacent to an activating group) is 1. The third kappa shape index (κ3) is 5.77. The summed E-state index contributed by atoms with van der Waals surface area (Å²) in [5.41, 5.74) is 11.7. The summed E-state index contributed by atoms with van der Waals surface area (Å²) in [7, 11) is 3.28. The molecule has 2 amide bonds. The Morgan fingerprint density at radius 1 is 1.02 bits per heavy atom. The third-order valence-corrected chi connectivity index (χ3v) is 8.27. The van der Waals surface area contributed by atoms with Crippen molar-refractivity contribution in [3.8, 4) is 21.6 Å². The predicted octanol–water partition coefficient (Wildman–Crippen LogP) is 5.11. The van der Waals surface area contributed by atoms with E-state index < -0.39 is 5.97 Å². The number of nitrogens with two attached hydrogens (primary N) is 1. The molecule has 0 radical (unpaired) electrons. The topological polar surface area (TPSA) is 127 Å². The second-order valence-corrected chi connectivity index (χ2v) is 11.0. The molecule has 2 aromatic heterocycles. The number of benzene rings is 2. The fourth-order valence-corrected chi connectivity index (χ4v) is 5.96. The molecule has 4 aromatic rings. The van der Waals surface area contributed by atoms with Crippen molar-refractivity contribution in [2.24, 2.45) is 5.73 Å². The number of fused-ring (bicyclic) bond motifs is 3. The number of methoxy groups -OCH3 is 1. The Balaban J connectivity index is 1.69. The maximum absolute atomic E-state index is 14.0. The molecule has 0 spiro atoms. The zero-order valence-corrected chi connectivity index (χ0v) is 24.6. The molecule has 1 aliphatic heterocycles. The molecule has 3 heterocycles. The Bertz CT molecular complexity index is 1650. The fourth-order valence-electron chi connectivity index (χ4n) is 4.98. The summed E-state index contributed by atoms with van der Waals surface area (Å²) >= 11 is 1.64. The third-order valence-electron chi connectivity index (χ3n) is 7.28. The van der Waals surface area contributed by atoms with Crippen molar-refractivity contribution in [2.75, 3.05) is 37.5 Å². The number of carbonyl (C=O) groups excluding carboxylic acids is 3. The van der Waals surface area contributed by atoms with E-state index in [0.717, 1.165) is 41.1 Å². The van der Waals surface area contributed by atoms with Gasteiger partial charge in [0.05, 0.1) is 7.11 Å². The number of carbonyl (C=O) groups is 3. The minimum Gasteiger partial charge on any atom is -0.464 e. The first-order valence-electron chi connectivity index (χ1n) is 13.8. The molecule has 42 heavy (non-hydrogen) atoms. The molecule has 4 N–H and O–H groups in total. The summed E-state index contributed by atoms with van der Waals surface area (Å²) in [5.74, 6) is -1.44. The van der Waals surface area contributed by atoms with Crippen LogP contribution in [0.15, 0.2) is 60.0 Å². The molecule has 1 aliphatic rings. The molecule has 0 bridgehead atoms. The van der Waals surface area contributed by atoms with Crippen molar-refractivity contribution in [3.05, 3.63) is 88.1 Å². The Hall–Kier alpha value is -4.54. The summed E-state index contributed by atoms with van der Waals surface area (Å²) in [4.78, 5) is 47.4. The lowest BCUT2D eigenvalue weighted by molar-refractivity contribution is 0.0594. The molecule has 0 aliphatic carbocycles. The van der Waals surface area contributed by atoms with Crippen molar-refractivity contribution in [2.45, 2.75) is 26.3 Å².